The number of rotatable bonds is 3. The fourth-order valence-corrected chi connectivity index (χ4v) is 4.18. The summed E-state index contributed by atoms with van der Waals surface area (Å²) in [6.07, 6.45) is 2.83. The fourth-order valence-electron chi connectivity index (χ4n) is 4.18. The van der Waals surface area contributed by atoms with Gasteiger partial charge in [0.25, 0.3) is 5.91 Å². The minimum Gasteiger partial charge on any atom is -0.394 e. The van der Waals surface area contributed by atoms with Crippen molar-refractivity contribution >= 4 is 23.6 Å². The molecule has 3 rings (SSSR count). The molecule has 1 aliphatic carbocycles. The SMILES string of the molecule is NC1=C(C(N)(N)C2(N3C(=O)CCC3=O)CCCCC2)C(=O)N(O)C1=O. The van der Waals surface area contributed by atoms with Gasteiger partial charge in [0, 0.05) is 12.8 Å². The molecule has 3 aliphatic rings. The largest absolute Gasteiger partial charge is 0.394 e. The Hall–Kier alpha value is -2.30. The molecular weight excluding hydrogens is 330 g/mol. The van der Waals surface area contributed by atoms with Crippen molar-refractivity contribution in [2.24, 2.45) is 17.2 Å². The highest BCUT2D eigenvalue weighted by atomic mass is 16.5. The van der Waals surface area contributed by atoms with Gasteiger partial charge in [0.15, 0.2) is 0 Å². The van der Waals surface area contributed by atoms with E-state index in [0.717, 1.165) is 11.3 Å². The molecule has 25 heavy (non-hydrogen) atoms. The number of amides is 4. The van der Waals surface area contributed by atoms with Crippen LogP contribution in [0.3, 0.4) is 0 Å². The van der Waals surface area contributed by atoms with E-state index in [1.54, 1.807) is 0 Å². The van der Waals surface area contributed by atoms with Gasteiger partial charge in [0.1, 0.15) is 11.4 Å². The topological polar surface area (TPSA) is 173 Å². The zero-order valence-corrected chi connectivity index (χ0v) is 13.7. The molecule has 2 fully saturated rings. The summed E-state index contributed by atoms with van der Waals surface area (Å²) in [5.41, 5.74) is 13.9. The smallest absolute Gasteiger partial charge is 0.301 e. The van der Waals surface area contributed by atoms with Crippen molar-refractivity contribution in [3.63, 3.8) is 0 Å². The van der Waals surface area contributed by atoms with Gasteiger partial charge in [-0.05, 0) is 12.8 Å². The first-order valence-corrected chi connectivity index (χ1v) is 8.16. The van der Waals surface area contributed by atoms with Crippen LogP contribution in [0.4, 0.5) is 0 Å². The summed E-state index contributed by atoms with van der Waals surface area (Å²) >= 11 is 0. The lowest BCUT2D eigenvalue weighted by Gasteiger charge is -2.52. The number of nitrogens with two attached hydrogens (primary N) is 3. The van der Waals surface area contributed by atoms with Gasteiger partial charge in [0.05, 0.1) is 11.1 Å². The van der Waals surface area contributed by atoms with Crippen molar-refractivity contribution in [2.75, 3.05) is 0 Å². The first-order chi connectivity index (χ1) is 11.6. The maximum Gasteiger partial charge on any atom is 0.301 e. The highest BCUT2D eigenvalue weighted by molar-refractivity contribution is 6.19. The van der Waals surface area contributed by atoms with Crippen LogP contribution in [-0.2, 0) is 19.2 Å². The van der Waals surface area contributed by atoms with Crippen molar-refractivity contribution in [2.45, 2.75) is 56.1 Å². The Labute approximate surface area is 143 Å². The molecule has 2 heterocycles. The van der Waals surface area contributed by atoms with E-state index in [2.05, 4.69) is 0 Å². The van der Waals surface area contributed by atoms with Crippen LogP contribution in [0.15, 0.2) is 11.3 Å². The van der Waals surface area contributed by atoms with Gasteiger partial charge >= 0.3 is 5.91 Å². The van der Waals surface area contributed by atoms with E-state index in [-0.39, 0.29) is 17.9 Å². The zero-order valence-electron chi connectivity index (χ0n) is 13.7. The number of likely N-dealkylation sites (tertiary alicyclic amines) is 1. The van der Waals surface area contributed by atoms with E-state index < -0.39 is 46.1 Å². The van der Waals surface area contributed by atoms with Crippen LogP contribution in [0.2, 0.25) is 0 Å². The van der Waals surface area contributed by atoms with Gasteiger partial charge in [-0.1, -0.05) is 19.3 Å². The second-order valence-corrected chi connectivity index (χ2v) is 6.79. The Balaban J connectivity index is 2.16. The molecule has 0 aromatic heterocycles. The lowest BCUT2D eigenvalue weighted by atomic mass is 9.68. The third kappa shape index (κ3) is 2.21. The first-order valence-electron chi connectivity index (χ1n) is 8.16. The zero-order chi connectivity index (χ0) is 18.6. The summed E-state index contributed by atoms with van der Waals surface area (Å²) in [6.45, 7) is 0. The van der Waals surface area contributed by atoms with Gasteiger partial charge < -0.3 is 17.2 Å². The van der Waals surface area contributed by atoms with Crippen LogP contribution < -0.4 is 17.2 Å². The second-order valence-electron chi connectivity index (χ2n) is 6.79. The lowest BCUT2D eigenvalue weighted by Crippen LogP contribution is -2.76. The van der Waals surface area contributed by atoms with Gasteiger partial charge in [-0.15, -0.1) is 5.06 Å². The lowest BCUT2D eigenvalue weighted by molar-refractivity contribution is -0.171. The molecule has 1 saturated carbocycles. The van der Waals surface area contributed by atoms with Crippen LogP contribution in [0.25, 0.3) is 0 Å². The van der Waals surface area contributed by atoms with E-state index in [1.807, 2.05) is 0 Å². The second kappa shape index (κ2) is 5.61. The summed E-state index contributed by atoms with van der Waals surface area (Å²) in [5, 5.41) is 9.43. The Bertz CT molecular complexity index is 691. The summed E-state index contributed by atoms with van der Waals surface area (Å²) in [4.78, 5) is 49.9. The standard InChI is InChI=1S/C15H21N5O5/c16-11-10(12(23)20(25)13(11)24)15(17,18)14(6-2-1-3-7-14)19-8(21)4-5-9(19)22/h25H,1-7,16-18H2. The highest BCUT2D eigenvalue weighted by Gasteiger charge is 2.61. The van der Waals surface area contributed by atoms with Gasteiger partial charge in [-0.2, -0.15) is 0 Å². The molecule has 0 bridgehead atoms. The average molecular weight is 351 g/mol. The maximum atomic E-state index is 12.4. The van der Waals surface area contributed by atoms with E-state index in [0.29, 0.717) is 25.7 Å². The van der Waals surface area contributed by atoms with Crippen molar-refractivity contribution in [3.8, 4) is 0 Å². The Morgan fingerprint density at radius 1 is 0.920 bits per heavy atom. The number of hydrogen-bond donors (Lipinski definition) is 4. The summed E-state index contributed by atoms with van der Waals surface area (Å²) < 4.78 is 0. The van der Waals surface area contributed by atoms with E-state index in [1.165, 1.54) is 0 Å². The van der Waals surface area contributed by atoms with Crippen molar-refractivity contribution in [1.29, 1.82) is 0 Å². The molecule has 1 saturated heterocycles. The number of carbonyl (C=O) groups excluding carboxylic acids is 4. The third-order valence-corrected chi connectivity index (χ3v) is 5.44. The van der Waals surface area contributed by atoms with Gasteiger partial charge in [0.2, 0.25) is 11.8 Å². The van der Waals surface area contributed by atoms with Crippen molar-refractivity contribution < 1.29 is 24.4 Å². The average Bonchev–Trinajstić information content (AvgIpc) is 3.01. The van der Waals surface area contributed by atoms with Crippen molar-refractivity contribution in [1.82, 2.24) is 9.96 Å². The molecule has 136 valence electrons. The van der Waals surface area contributed by atoms with E-state index in [9.17, 15) is 24.4 Å². The number of carbonyl (C=O) groups is 4. The Morgan fingerprint density at radius 2 is 1.44 bits per heavy atom. The molecular formula is C15H21N5O5. The number of hydroxylamine groups is 2. The molecule has 0 spiro atoms. The molecule has 10 nitrogen and oxygen atoms in total. The predicted molar refractivity (Wildman–Crippen MR) is 82.9 cm³/mol. The molecule has 0 aromatic carbocycles. The van der Waals surface area contributed by atoms with Gasteiger partial charge in [-0.25, -0.2) is 0 Å². The Morgan fingerprint density at radius 3 is 1.88 bits per heavy atom. The van der Waals surface area contributed by atoms with Crippen LogP contribution in [0.1, 0.15) is 44.9 Å². The number of nitrogens with zero attached hydrogens (tertiary/aromatic N) is 2. The minimum absolute atomic E-state index is 0.0458. The Kier molecular flexibility index (Phi) is 3.93. The van der Waals surface area contributed by atoms with Crippen LogP contribution in [-0.4, -0.2) is 50.0 Å². The molecule has 0 atom stereocenters. The van der Waals surface area contributed by atoms with E-state index in [4.69, 9.17) is 17.2 Å². The number of imide groups is 2. The summed E-state index contributed by atoms with van der Waals surface area (Å²) in [7, 11) is 0. The molecule has 0 unspecified atom stereocenters. The predicted octanol–water partition coefficient (Wildman–Crippen LogP) is -1.58. The minimum atomic E-state index is -2.06. The first kappa shape index (κ1) is 17.5. The third-order valence-electron chi connectivity index (χ3n) is 5.44. The maximum absolute atomic E-state index is 12.4. The quantitative estimate of drug-likeness (QED) is 0.268. The monoisotopic (exact) mass is 351 g/mol. The molecule has 0 radical (unpaired) electrons. The molecule has 4 amide bonds. The molecule has 2 aliphatic heterocycles. The van der Waals surface area contributed by atoms with Crippen LogP contribution in [0.5, 0.6) is 0 Å². The normalized spacial score (nSPS) is 24.8. The fraction of sp³-hybridized carbons (Fsp3) is 0.600. The number of hydrogen-bond acceptors (Lipinski definition) is 8. The molecule has 7 N–H and O–H groups in total. The summed E-state index contributed by atoms with van der Waals surface area (Å²) in [5.74, 6) is -3.07. The van der Waals surface area contributed by atoms with Crippen LogP contribution in [0, 0.1) is 0 Å². The summed E-state index contributed by atoms with van der Waals surface area (Å²) in [6, 6.07) is 0. The highest BCUT2D eigenvalue weighted by Crippen LogP contribution is 2.45. The van der Waals surface area contributed by atoms with Crippen LogP contribution >= 0.6 is 0 Å². The van der Waals surface area contributed by atoms with Crippen molar-refractivity contribution in [3.05, 3.63) is 11.3 Å². The molecule has 0 aromatic rings. The molecule has 10 heteroatoms. The van der Waals surface area contributed by atoms with E-state index >= 15 is 0 Å². The van der Waals surface area contributed by atoms with Gasteiger partial charge in [-0.3, -0.25) is 29.3 Å².